The van der Waals surface area contributed by atoms with E-state index in [1.807, 2.05) is 54.6 Å². The van der Waals surface area contributed by atoms with Crippen LogP contribution in [-0.2, 0) is 0 Å². The molecule has 2 aromatic carbocycles. The highest BCUT2D eigenvalue weighted by molar-refractivity contribution is 9.10. The van der Waals surface area contributed by atoms with Crippen LogP contribution in [0.25, 0.3) is 33.0 Å². The number of nitrogens with two attached hydrogens (primary N) is 1. The maximum atomic E-state index is 8.10. The first-order chi connectivity index (χ1) is 11.1. The van der Waals surface area contributed by atoms with Crippen molar-refractivity contribution in [3.8, 4) is 11.3 Å². The zero-order valence-electron chi connectivity index (χ0n) is 12.0. The van der Waals surface area contributed by atoms with Crippen molar-refractivity contribution < 1.29 is 4.42 Å². The average molecular weight is 366 g/mol. The van der Waals surface area contributed by atoms with Gasteiger partial charge in [-0.2, -0.15) is 0 Å². The Labute approximate surface area is 140 Å². The molecular formula is C18H12BrN3O. The fraction of sp³-hybridized carbons (Fsp3) is 0. The fourth-order valence-electron chi connectivity index (χ4n) is 2.72. The minimum atomic E-state index is 0.0334. The summed E-state index contributed by atoms with van der Waals surface area (Å²) in [4.78, 5) is 4.45. The molecule has 4 nitrogen and oxygen atoms in total. The van der Waals surface area contributed by atoms with Gasteiger partial charge in [-0.05, 0) is 24.3 Å². The van der Waals surface area contributed by atoms with Crippen LogP contribution in [0.5, 0.6) is 0 Å². The second-order valence-electron chi connectivity index (χ2n) is 5.25. The van der Waals surface area contributed by atoms with Gasteiger partial charge in [-0.3, -0.25) is 5.41 Å². The summed E-state index contributed by atoms with van der Waals surface area (Å²) in [6.45, 7) is 0. The number of nitrogens with zero attached hydrogens (tertiary/aromatic N) is 1. The van der Waals surface area contributed by atoms with Crippen LogP contribution in [0, 0.1) is 5.41 Å². The quantitative estimate of drug-likeness (QED) is 0.488. The number of hydrogen-bond acceptors (Lipinski definition) is 4. The van der Waals surface area contributed by atoms with Crippen LogP contribution < -0.4 is 11.3 Å². The molecule has 2 aromatic heterocycles. The van der Waals surface area contributed by atoms with Crippen molar-refractivity contribution in [3.05, 3.63) is 64.6 Å². The molecule has 3 N–H and O–H groups in total. The Bertz CT molecular complexity index is 1100. The second kappa shape index (κ2) is 5.21. The summed E-state index contributed by atoms with van der Waals surface area (Å²) in [5, 5.41) is 10.4. The van der Waals surface area contributed by atoms with E-state index < -0.39 is 0 Å². The van der Waals surface area contributed by atoms with Gasteiger partial charge in [0, 0.05) is 20.8 Å². The zero-order chi connectivity index (χ0) is 16.0. The maximum absolute atomic E-state index is 8.10. The number of aromatic nitrogens is 1. The van der Waals surface area contributed by atoms with E-state index in [9.17, 15) is 0 Å². The number of hydrogen-bond donors (Lipinski definition) is 2. The van der Waals surface area contributed by atoms with Crippen molar-refractivity contribution in [2.45, 2.75) is 0 Å². The monoisotopic (exact) mass is 365 g/mol. The molecule has 0 spiro atoms. The third-order valence-corrected chi connectivity index (χ3v) is 4.33. The van der Waals surface area contributed by atoms with E-state index in [0.717, 1.165) is 26.5 Å². The van der Waals surface area contributed by atoms with Crippen LogP contribution in [-0.4, -0.2) is 4.98 Å². The summed E-state index contributed by atoms with van der Waals surface area (Å²) in [5.74, 6) is 0.305. The lowest BCUT2D eigenvalue weighted by atomic mass is 10.0. The predicted octanol–water partition coefficient (Wildman–Crippen LogP) is 4.47. The largest absolute Gasteiger partial charge is 0.438 e. The Kier molecular flexibility index (Phi) is 3.16. The Morgan fingerprint density at radius 1 is 1.00 bits per heavy atom. The molecule has 0 radical (unpaired) electrons. The van der Waals surface area contributed by atoms with E-state index in [0.29, 0.717) is 16.8 Å². The average Bonchev–Trinajstić information content (AvgIpc) is 2.55. The number of pyridine rings is 1. The summed E-state index contributed by atoms with van der Waals surface area (Å²) in [7, 11) is 0. The van der Waals surface area contributed by atoms with Gasteiger partial charge in [0.1, 0.15) is 11.4 Å². The summed E-state index contributed by atoms with van der Waals surface area (Å²) in [6, 6.07) is 17.5. The molecule has 4 rings (SSSR count). The van der Waals surface area contributed by atoms with Crippen LogP contribution in [0.3, 0.4) is 0 Å². The number of fused-ring (bicyclic) bond motifs is 3. The van der Waals surface area contributed by atoms with Crippen LogP contribution in [0.15, 0.2) is 63.5 Å². The van der Waals surface area contributed by atoms with Crippen molar-refractivity contribution in [2.75, 3.05) is 5.73 Å². The van der Waals surface area contributed by atoms with Crippen molar-refractivity contribution in [1.29, 1.82) is 5.41 Å². The Balaban J connectivity index is 2.11. The Morgan fingerprint density at radius 2 is 1.74 bits per heavy atom. The highest BCUT2D eigenvalue weighted by Gasteiger charge is 2.12. The van der Waals surface area contributed by atoms with E-state index in [1.165, 1.54) is 0 Å². The lowest BCUT2D eigenvalue weighted by Gasteiger charge is -2.09. The van der Waals surface area contributed by atoms with Crippen molar-refractivity contribution in [3.63, 3.8) is 0 Å². The number of rotatable bonds is 1. The van der Waals surface area contributed by atoms with Gasteiger partial charge in [0.25, 0.3) is 0 Å². The molecule has 112 valence electrons. The van der Waals surface area contributed by atoms with Crippen LogP contribution >= 0.6 is 15.9 Å². The topological polar surface area (TPSA) is 75.9 Å². The number of halogens is 1. The Morgan fingerprint density at radius 3 is 2.52 bits per heavy atom. The van der Waals surface area contributed by atoms with Gasteiger partial charge in [0.15, 0.2) is 0 Å². The molecule has 0 bridgehead atoms. The molecule has 0 aliphatic heterocycles. The predicted molar refractivity (Wildman–Crippen MR) is 94.9 cm³/mol. The lowest BCUT2D eigenvalue weighted by Crippen LogP contribution is -2.06. The van der Waals surface area contributed by atoms with Gasteiger partial charge in [-0.15, -0.1) is 0 Å². The van der Waals surface area contributed by atoms with Gasteiger partial charge in [0.05, 0.1) is 11.1 Å². The van der Waals surface area contributed by atoms with Crippen molar-refractivity contribution >= 4 is 43.5 Å². The van der Waals surface area contributed by atoms with Crippen LogP contribution in [0.2, 0.25) is 0 Å². The van der Waals surface area contributed by atoms with Crippen molar-refractivity contribution in [1.82, 2.24) is 4.98 Å². The first-order valence-electron chi connectivity index (χ1n) is 7.06. The molecule has 0 amide bonds. The lowest BCUT2D eigenvalue weighted by molar-refractivity contribution is 0.542. The molecule has 0 saturated heterocycles. The van der Waals surface area contributed by atoms with E-state index in [2.05, 4.69) is 20.9 Å². The number of nitrogens with one attached hydrogen (secondary N) is 1. The molecule has 0 saturated carbocycles. The normalized spacial score (nSPS) is 11.2. The molecule has 0 atom stereocenters. The summed E-state index contributed by atoms with van der Waals surface area (Å²) in [5.41, 5.74) is 8.56. The minimum absolute atomic E-state index is 0.0334. The van der Waals surface area contributed by atoms with Crippen LogP contribution in [0.4, 0.5) is 5.82 Å². The van der Waals surface area contributed by atoms with Gasteiger partial charge >= 0.3 is 0 Å². The molecule has 0 aliphatic rings. The van der Waals surface area contributed by atoms with E-state index in [4.69, 9.17) is 15.6 Å². The fourth-order valence-corrected chi connectivity index (χ4v) is 2.99. The first-order valence-corrected chi connectivity index (χ1v) is 7.85. The molecule has 0 unspecified atom stereocenters. The molecule has 5 heteroatoms. The van der Waals surface area contributed by atoms with Crippen molar-refractivity contribution in [2.24, 2.45) is 0 Å². The summed E-state index contributed by atoms with van der Waals surface area (Å²) in [6.07, 6.45) is 0. The third kappa shape index (κ3) is 2.29. The third-order valence-electron chi connectivity index (χ3n) is 3.80. The van der Waals surface area contributed by atoms with Crippen LogP contribution in [0.1, 0.15) is 0 Å². The summed E-state index contributed by atoms with van der Waals surface area (Å²) >= 11 is 3.43. The van der Waals surface area contributed by atoms with E-state index in [1.54, 1.807) is 0 Å². The van der Waals surface area contributed by atoms with E-state index >= 15 is 0 Å². The number of anilines is 1. The number of nitrogen functional groups attached to an aromatic ring is 1. The molecule has 23 heavy (non-hydrogen) atoms. The van der Waals surface area contributed by atoms with Gasteiger partial charge in [0.2, 0.25) is 5.55 Å². The second-order valence-corrected chi connectivity index (χ2v) is 6.17. The smallest absolute Gasteiger partial charge is 0.223 e. The zero-order valence-corrected chi connectivity index (χ0v) is 13.6. The number of para-hydroxylation sites is 1. The number of benzene rings is 2. The highest BCUT2D eigenvalue weighted by Crippen LogP contribution is 2.30. The Hall–Kier alpha value is -2.66. The minimum Gasteiger partial charge on any atom is -0.438 e. The molecule has 4 aromatic rings. The highest BCUT2D eigenvalue weighted by atomic mass is 79.9. The standard InChI is InChI=1S/C18H12BrN3O/c19-11-7-5-10(6-8-11)14-9-13-12-3-1-2-4-15(12)23-18(21)16(13)17(20)22-14/h1-9,21H,(H2,20,22). The van der Waals surface area contributed by atoms with Gasteiger partial charge in [-0.1, -0.05) is 46.3 Å². The van der Waals surface area contributed by atoms with Gasteiger partial charge in [-0.25, -0.2) is 4.98 Å². The maximum Gasteiger partial charge on any atom is 0.223 e. The molecular weight excluding hydrogens is 354 g/mol. The molecule has 0 fully saturated rings. The molecule has 2 heterocycles. The van der Waals surface area contributed by atoms with E-state index in [-0.39, 0.29) is 5.55 Å². The SMILES string of the molecule is N=c1oc2ccccc2c2cc(-c3ccc(Br)cc3)nc(N)c12. The van der Waals surface area contributed by atoms with Gasteiger partial charge < -0.3 is 10.2 Å². The summed E-state index contributed by atoms with van der Waals surface area (Å²) < 4.78 is 6.56. The first kappa shape index (κ1) is 14.0. The molecule has 0 aliphatic carbocycles.